The summed E-state index contributed by atoms with van der Waals surface area (Å²) in [6.07, 6.45) is 2.15. The molecular formula is C10H15N5O2. The molecule has 0 bridgehead atoms. The number of H-pyrrole nitrogens is 1. The molecule has 2 rings (SSSR count). The van der Waals surface area contributed by atoms with E-state index in [4.69, 9.17) is 0 Å². The highest BCUT2D eigenvalue weighted by Crippen LogP contribution is 2.16. The van der Waals surface area contributed by atoms with Crippen molar-refractivity contribution >= 4 is 11.5 Å². The Hall–Kier alpha value is -1.89. The van der Waals surface area contributed by atoms with Crippen molar-refractivity contribution in [2.45, 2.75) is 25.8 Å². The Labute approximate surface area is 97.5 Å². The van der Waals surface area contributed by atoms with E-state index in [2.05, 4.69) is 20.5 Å². The summed E-state index contributed by atoms with van der Waals surface area (Å²) >= 11 is 0. The standard InChI is InChI=1S/C10H15N5O2/c1-3-10(2,5-16)12-7-4-8-13-14-9(17)15(8)6-11-7/h4,6,12,16H,3,5H2,1-2H3,(H,14,17). The van der Waals surface area contributed by atoms with Crippen LogP contribution < -0.4 is 11.0 Å². The highest BCUT2D eigenvalue weighted by atomic mass is 16.3. The van der Waals surface area contributed by atoms with Gasteiger partial charge in [-0.15, -0.1) is 0 Å². The predicted octanol–water partition coefficient (Wildman–Crippen LogP) is -0.00950. The van der Waals surface area contributed by atoms with Crippen LogP contribution in [0.5, 0.6) is 0 Å². The SMILES string of the molecule is CCC(C)(CO)Nc1cc2n[nH]c(=O)n2cn1. The van der Waals surface area contributed by atoms with E-state index in [0.29, 0.717) is 11.5 Å². The van der Waals surface area contributed by atoms with Gasteiger partial charge in [0, 0.05) is 6.07 Å². The van der Waals surface area contributed by atoms with E-state index in [1.54, 1.807) is 6.07 Å². The molecule has 3 N–H and O–H groups in total. The molecule has 0 aliphatic rings. The van der Waals surface area contributed by atoms with Crippen molar-refractivity contribution in [1.82, 2.24) is 19.6 Å². The maximum absolute atomic E-state index is 11.2. The van der Waals surface area contributed by atoms with Crippen LogP contribution in [-0.4, -0.2) is 36.8 Å². The van der Waals surface area contributed by atoms with Crippen LogP contribution in [0.3, 0.4) is 0 Å². The summed E-state index contributed by atoms with van der Waals surface area (Å²) in [4.78, 5) is 15.3. The number of aliphatic hydroxyl groups is 1. The van der Waals surface area contributed by atoms with Crippen molar-refractivity contribution in [3.63, 3.8) is 0 Å². The number of rotatable bonds is 4. The zero-order valence-electron chi connectivity index (χ0n) is 9.77. The zero-order chi connectivity index (χ0) is 12.5. The van der Waals surface area contributed by atoms with Crippen molar-refractivity contribution in [2.24, 2.45) is 0 Å². The van der Waals surface area contributed by atoms with Gasteiger partial charge in [-0.3, -0.25) is 0 Å². The summed E-state index contributed by atoms with van der Waals surface area (Å²) in [6.45, 7) is 3.88. The van der Waals surface area contributed by atoms with E-state index < -0.39 is 5.54 Å². The third-order valence-electron chi connectivity index (χ3n) is 2.87. The molecule has 0 spiro atoms. The molecule has 0 fully saturated rings. The van der Waals surface area contributed by atoms with Crippen LogP contribution in [0.25, 0.3) is 5.65 Å². The number of fused-ring (bicyclic) bond motifs is 1. The Morgan fingerprint density at radius 3 is 3.06 bits per heavy atom. The van der Waals surface area contributed by atoms with Gasteiger partial charge < -0.3 is 10.4 Å². The summed E-state index contributed by atoms with van der Waals surface area (Å²) in [7, 11) is 0. The minimum Gasteiger partial charge on any atom is -0.394 e. The molecule has 7 heteroatoms. The van der Waals surface area contributed by atoms with Gasteiger partial charge in [-0.05, 0) is 13.3 Å². The summed E-state index contributed by atoms with van der Waals surface area (Å²) < 4.78 is 1.31. The normalized spacial score (nSPS) is 14.8. The number of anilines is 1. The zero-order valence-corrected chi connectivity index (χ0v) is 9.77. The second-order valence-corrected chi connectivity index (χ2v) is 4.23. The van der Waals surface area contributed by atoms with E-state index >= 15 is 0 Å². The monoisotopic (exact) mass is 237 g/mol. The molecule has 2 heterocycles. The minimum absolute atomic E-state index is 0.00370. The number of aliphatic hydroxyl groups excluding tert-OH is 1. The summed E-state index contributed by atoms with van der Waals surface area (Å²) in [6, 6.07) is 1.65. The van der Waals surface area contributed by atoms with Crippen molar-refractivity contribution in [3.05, 3.63) is 22.9 Å². The molecule has 0 aliphatic heterocycles. The Morgan fingerprint density at radius 1 is 1.65 bits per heavy atom. The first-order valence-corrected chi connectivity index (χ1v) is 5.40. The van der Waals surface area contributed by atoms with E-state index in [9.17, 15) is 9.90 Å². The second-order valence-electron chi connectivity index (χ2n) is 4.23. The molecule has 17 heavy (non-hydrogen) atoms. The fourth-order valence-corrected chi connectivity index (χ4v) is 1.43. The fraction of sp³-hybridized carbons (Fsp3) is 0.500. The lowest BCUT2D eigenvalue weighted by Gasteiger charge is -2.27. The van der Waals surface area contributed by atoms with Crippen LogP contribution in [0.4, 0.5) is 5.82 Å². The molecular weight excluding hydrogens is 222 g/mol. The molecule has 0 radical (unpaired) electrons. The maximum atomic E-state index is 11.2. The van der Waals surface area contributed by atoms with Crippen LogP contribution in [0.15, 0.2) is 17.2 Å². The van der Waals surface area contributed by atoms with Gasteiger partial charge in [-0.1, -0.05) is 6.92 Å². The largest absolute Gasteiger partial charge is 0.394 e. The lowest BCUT2D eigenvalue weighted by atomic mass is 10.0. The van der Waals surface area contributed by atoms with E-state index in [1.807, 2.05) is 13.8 Å². The number of nitrogens with one attached hydrogen (secondary N) is 2. The number of hydrogen-bond donors (Lipinski definition) is 3. The summed E-state index contributed by atoms with van der Waals surface area (Å²) in [5, 5.41) is 18.6. The Balaban J connectivity index is 2.34. The Morgan fingerprint density at radius 2 is 2.41 bits per heavy atom. The quantitative estimate of drug-likeness (QED) is 0.695. The van der Waals surface area contributed by atoms with E-state index in [1.165, 1.54) is 10.7 Å². The number of aromatic nitrogens is 4. The lowest BCUT2D eigenvalue weighted by Crippen LogP contribution is -2.38. The van der Waals surface area contributed by atoms with Crippen molar-refractivity contribution in [3.8, 4) is 0 Å². The van der Waals surface area contributed by atoms with Crippen molar-refractivity contribution in [1.29, 1.82) is 0 Å². The molecule has 1 unspecified atom stereocenters. The lowest BCUT2D eigenvalue weighted by molar-refractivity contribution is 0.218. The van der Waals surface area contributed by atoms with Crippen molar-refractivity contribution in [2.75, 3.05) is 11.9 Å². The Bertz CT molecular complexity index is 569. The summed E-state index contributed by atoms with van der Waals surface area (Å²) in [5.41, 5.74) is -0.259. The fourth-order valence-electron chi connectivity index (χ4n) is 1.43. The molecule has 0 saturated heterocycles. The van der Waals surface area contributed by atoms with Gasteiger partial charge in [-0.2, -0.15) is 5.10 Å². The minimum atomic E-state index is -0.429. The van der Waals surface area contributed by atoms with Crippen LogP contribution in [0, 0.1) is 0 Å². The maximum Gasteiger partial charge on any atom is 0.348 e. The third-order valence-corrected chi connectivity index (χ3v) is 2.87. The first-order chi connectivity index (χ1) is 8.08. The van der Waals surface area contributed by atoms with Crippen molar-refractivity contribution < 1.29 is 5.11 Å². The van der Waals surface area contributed by atoms with Gasteiger partial charge in [0.2, 0.25) is 0 Å². The third kappa shape index (κ3) is 2.14. The van der Waals surface area contributed by atoms with Gasteiger partial charge in [0.25, 0.3) is 0 Å². The number of nitrogens with zero attached hydrogens (tertiary/aromatic N) is 3. The molecule has 0 saturated carbocycles. The smallest absolute Gasteiger partial charge is 0.348 e. The topological polar surface area (TPSA) is 95.3 Å². The van der Waals surface area contributed by atoms with E-state index in [-0.39, 0.29) is 12.3 Å². The second kappa shape index (κ2) is 4.17. The highest BCUT2D eigenvalue weighted by molar-refractivity contribution is 5.49. The van der Waals surface area contributed by atoms with Gasteiger partial charge >= 0.3 is 5.69 Å². The van der Waals surface area contributed by atoms with Crippen LogP contribution in [0.1, 0.15) is 20.3 Å². The first kappa shape index (κ1) is 11.6. The average Bonchev–Trinajstić information content (AvgIpc) is 2.70. The molecule has 2 aromatic rings. The van der Waals surface area contributed by atoms with Gasteiger partial charge in [0.15, 0.2) is 5.65 Å². The molecule has 0 aromatic carbocycles. The van der Waals surface area contributed by atoms with Crippen LogP contribution >= 0.6 is 0 Å². The number of hydrogen-bond acceptors (Lipinski definition) is 5. The molecule has 1 atom stereocenters. The van der Waals surface area contributed by atoms with Gasteiger partial charge in [-0.25, -0.2) is 19.3 Å². The van der Waals surface area contributed by atoms with Crippen LogP contribution in [0.2, 0.25) is 0 Å². The Kier molecular flexibility index (Phi) is 2.84. The summed E-state index contributed by atoms with van der Waals surface area (Å²) in [5.74, 6) is 0.579. The highest BCUT2D eigenvalue weighted by Gasteiger charge is 2.21. The molecule has 7 nitrogen and oxygen atoms in total. The molecule has 0 amide bonds. The van der Waals surface area contributed by atoms with Gasteiger partial charge in [0.1, 0.15) is 12.1 Å². The average molecular weight is 237 g/mol. The van der Waals surface area contributed by atoms with Crippen LogP contribution in [-0.2, 0) is 0 Å². The molecule has 92 valence electrons. The molecule has 0 aliphatic carbocycles. The van der Waals surface area contributed by atoms with E-state index in [0.717, 1.165) is 6.42 Å². The molecule has 2 aromatic heterocycles. The number of aromatic amines is 1. The predicted molar refractivity (Wildman–Crippen MR) is 63.0 cm³/mol. The first-order valence-electron chi connectivity index (χ1n) is 5.40. The van der Waals surface area contributed by atoms with Gasteiger partial charge in [0.05, 0.1) is 12.1 Å².